The zero-order valence-corrected chi connectivity index (χ0v) is 12.1. The smallest absolute Gasteiger partial charge is 0.341 e. The lowest BCUT2D eigenvalue weighted by Gasteiger charge is -2.21. The zero-order valence-electron chi connectivity index (χ0n) is 12.1. The molecule has 1 aliphatic rings. The number of hydrogen-bond donors (Lipinski definition) is 1. The van der Waals surface area contributed by atoms with Gasteiger partial charge in [-0.1, -0.05) is 18.2 Å². The van der Waals surface area contributed by atoms with Crippen LogP contribution in [-0.2, 0) is 17.6 Å². The Balaban J connectivity index is 1.85. The number of nitrogens with zero attached hydrogens (tertiary/aromatic N) is 1. The van der Waals surface area contributed by atoms with Crippen LogP contribution >= 0.6 is 0 Å². The van der Waals surface area contributed by atoms with E-state index < -0.39 is 5.97 Å². The second-order valence-electron chi connectivity index (χ2n) is 5.18. The van der Waals surface area contributed by atoms with Crippen molar-refractivity contribution < 1.29 is 19.1 Å². The molecular weight excluding hydrogens is 282 g/mol. The molecule has 1 aromatic heterocycles. The third-order valence-electron chi connectivity index (χ3n) is 3.71. The topological polar surface area (TPSA) is 72.6 Å². The Morgan fingerprint density at radius 3 is 3.09 bits per heavy atom. The Bertz CT molecular complexity index is 689. The molecule has 1 aromatic carbocycles. The molecule has 0 atom stereocenters. The molecule has 2 aromatic rings. The molecular formula is C17H17NO4. The molecule has 0 saturated carbocycles. The van der Waals surface area contributed by atoms with Gasteiger partial charge in [0.15, 0.2) is 12.5 Å². The van der Waals surface area contributed by atoms with E-state index in [-0.39, 0.29) is 6.61 Å². The minimum Gasteiger partial charge on any atom is -0.482 e. The van der Waals surface area contributed by atoms with E-state index in [4.69, 9.17) is 14.3 Å². The molecule has 0 bridgehead atoms. The van der Waals surface area contributed by atoms with Crippen molar-refractivity contribution in [1.82, 2.24) is 4.98 Å². The molecule has 5 nitrogen and oxygen atoms in total. The van der Waals surface area contributed by atoms with Crippen molar-refractivity contribution in [2.45, 2.75) is 25.7 Å². The minimum absolute atomic E-state index is 0.314. The van der Waals surface area contributed by atoms with Crippen LogP contribution in [0.1, 0.15) is 29.9 Å². The summed E-state index contributed by atoms with van der Waals surface area (Å²) in [7, 11) is 0. The van der Waals surface area contributed by atoms with Crippen molar-refractivity contribution in [3.05, 3.63) is 53.8 Å². The van der Waals surface area contributed by atoms with Gasteiger partial charge in [0, 0.05) is 12.0 Å². The monoisotopic (exact) mass is 299 g/mol. The molecule has 114 valence electrons. The van der Waals surface area contributed by atoms with Crippen molar-refractivity contribution in [2.24, 2.45) is 0 Å². The molecule has 1 N–H and O–H groups in total. The number of allylic oxidation sites excluding steroid dienone is 2. The summed E-state index contributed by atoms with van der Waals surface area (Å²) in [6, 6.07) is 5.79. The predicted molar refractivity (Wildman–Crippen MR) is 80.7 cm³/mol. The lowest BCUT2D eigenvalue weighted by atomic mass is 9.86. The highest BCUT2D eigenvalue weighted by atomic mass is 16.5. The van der Waals surface area contributed by atoms with Crippen molar-refractivity contribution >= 4 is 11.5 Å². The Hall–Kier alpha value is -2.56. The summed E-state index contributed by atoms with van der Waals surface area (Å²) in [6.45, 7) is -0.314. The van der Waals surface area contributed by atoms with E-state index in [0.29, 0.717) is 18.1 Å². The summed E-state index contributed by atoms with van der Waals surface area (Å²) in [5, 5.41) is 8.77. The predicted octanol–water partition coefficient (Wildman–Crippen LogP) is 3.10. The molecule has 0 aliphatic heterocycles. The number of rotatable bonds is 5. The van der Waals surface area contributed by atoms with E-state index in [9.17, 15) is 4.79 Å². The van der Waals surface area contributed by atoms with Gasteiger partial charge in [0.05, 0.1) is 6.20 Å². The van der Waals surface area contributed by atoms with E-state index in [0.717, 1.165) is 30.4 Å². The van der Waals surface area contributed by atoms with Gasteiger partial charge >= 0.3 is 5.97 Å². The van der Waals surface area contributed by atoms with Crippen LogP contribution in [0.25, 0.3) is 5.57 Å². The van der Waals surface area contributed by atoms with Crippen LogP contribution in [0.15, 0.2) is 41.2 Å². The molecule has 0 radical (unpaired) electrons. The van der Waals surface area contributed by atoms with Crippen molar-refractivity contribution in [3.63, 3.8) is 0 Å². The number of oxazole rings is 1. The molecule has 0 amide bonds. The molecule has 3 rings (SSSR count). The maximum Gasteiger partial charge on any atom is 0.341 e. The van der Waals surface area contributed by atoms with Gasteiger partial charge in [-0.25, -0.2) is 9.78 Å². The normalized spacial score (nSPS) is 15.5. The molecule has 1 aliphatic carbocycles. The fraction of sp³-hybridized carbons (Fsp3) is 0.294. The summed E-state index contributed by atoms with van der Waals surface area (Å²) in [5.41, 5.74) is 3.47. The Morgan fingerprint density at radius 1 is 1.41 bits per heavy atom. The van der Waals surface area contributed by atoms with Gasteiger partial charge in [0.1, 0.15) is 12.0 Å². The number of aromatic nitrogens is 1. The first-order valence-corrected chi connectivity index (χ1v) is 7.28. The van der Waals surface area contributed by atoms with E-state index in [1.807, 2.05) is 12.1 Å². The fourth-order valence-corrected chi connectivity index (χ4v) is 2.77. The number of carbonyl (C=O) groups is 1. The number of hydrogen-bond acceptors (Lipinski definition) is 4. The molecule has 5 heteroatoms. The first kappa shape index (κ1) is 14.4. The average molecular weight is 299 g/mol. The maximum absolute atomic E-state index is 10.7. The highest BCUT2D eigenvalue weighted by Crippen LogP contribution is 2.36. The van der Waals surface area contributed by atoms with Crippen molar-refractivity contribution in [3.8, 4) is 5.75 Å². The molecule has 0 fully saturated rings. The van der Waals surface area contributed by atoms with Crippen LogP contribution in [0, 0.1) is 0 Å². The first-order chi connectivity index (χ1) is 10.7. The number of carboxylic acid groups (broad SMARTS) is 1. The van der Waals surface area contributed by atoms with E-state index in [2.05, 4.69) is 17.1 Å². The van der Waals surface area contributed by atoms with E-state index in [1.54, 1.807) is 12.5 Å². The number of aliphatic carboxylic acids is 1. The van der Waals surface area contributed by atoms with Crippen LogP contribution in [0.3, 0.4) is 0 Å². The van der Waals surface area contributed by atoms with Gasteiger partial charge in [0.2, 0.25) is 0 Å². The van der Waals surface area contributed by atoms with Crippen molar-refractivity contribution in [2.75, 3.05) is 6.61 Å². The molecule has 0 spiro atoms. The van der Waals surface area contributed by atoms with E-state index >= 15 is 0 Å². The van der Waals surface area contributed by atoms with Gasteiger partial charge in [0.25, 0.3) is 0 Å². The average Bonchev–Trinajstić information content (AvgIpc) is 3.04. The van der Waals surface area contributed by atoms with Gasteiger partial charge < -0.3 is 14.3 Å². The molecule has 0 unspecified atom stereocenters. The summed E-state index contributed by atoms with van der Waals surface area (Å²) >= 11 is 0. The summed E-state index contributed by atoms with van der Waals surface area (Å²) in [6.07, 6.45) is 8.92. The van der Waals surface area contributed by atoms with Crippen LogP contribution in [-0.4, -0.2) is 22.7 Å². The molecule has 0 saturated heterocycles. The Morgan fingerprint density at radius 2 is 2.32 bits per heavy atom. The minimum atomic E-state index is -0.965. The molecule has 1 heterocycles. The maximum atomic E-state index is 10.7. The lowest BCUT2D eigenvalue weighted by Crippen LogP contribution is -2.12. The second kappa shape index (κ2) is 6.47. The summed E-state index contributed by atoms with van der Waals surface area (Å²) < 4.78 is 10.7. The standard InChI is InChI=1S/C17H17NO4/c19-17(20)11-22-15-6-2-4-13-12(3-1-5-14(13)15)7-8-16-18-9-10-21-16/h2,4,6-7,9-10H,1,3,5,8,11H2,(H,19,20)/b12-7-. The Labute approximate surface area is 128 Å². The van der Waals surface area contributed by atoms with Gasteiger partial charge in [-0.15, -0.1) is 0 Å². The van der Waals surface area contributed by atoms with Crippen LogP contribution < -0.4 is 4.74 Å². The third kappa shape index (κ3) is 3.19. The van der Waals surface area contributed by atoms with Crippen LogP contribution in [0.4, 0.5) is 0 Å². The van der Waals surface area contributed by atoms with Crippen molar-refractivity contribution in [1.29, 1.82) is 0 Å². The lowest BCUT2D eigenvalue weighted by molar-refractivity contribution is -0.139. The number of benzene rings is 1. The van der Waals surface area contributed by atoms with Gasteiger partial charge in [-0.2, -0.15) is 0 Å². The SMILES string of the molecule is O=C(O)COc1cccc2c1CCC/C2=C/Cc1ncco1. The third-order valence-corrected chi connectivity index (χ3v) is 3.71. The van der Waals surface area contributed by atoms with Gasteiger partial charge in [-0.3, -0.25) is 0 Å². The Kier molecular flexibility index (Phi) is 4.23. The van der Waals surface area contributed by atoms with E-state index in [1.165, 1.54) is 5.57 Å². The highest BCUT2D eigenvalue weighted by molar-refractivity contribution is 5.73. The summed E-state index contributed by atoms with van der Waals surface area (Å²) in [5.74, 6) is 0.396. The largest absolute Gasteiger partial charge is 0.482 e. The quantitative estimate of drug-likeness (QED) is 0.918. The van der Waals surface area contributed by atoms with Crippen LogP contribution in [0.2, 0.25) is 0 Å². The van der Waals surface area contributed by atoms with Crippen LogP contribution in [0.5, 0.6) is 5.75 Å². The number of carboxylic acids is 1. The fourth-order valence-electron chi connectivity index (χ4n) is 2.77. The molecule has 22 heavy (non-hydrogen) atoms. The highest BCUT2D eigenvalue weighted by Gasteiger charge is 2.18. The van der Waals surface area contributed by atoms with Gasteiger partial charge in [-0.05, 0) is 36.5 Å². The zero-order chi connectivity index (χ0) is 15.4. The summed E-state index contributed by atoms with van der Waals surface area (Å²) in [4.78, 5) is 14.8. The number of ether oxygens (including phenoxy) is 1. The first-order valence-electron chi connectivity index (χ1n) is 7.28. The second-order valence-corrected chi connectivity index (χ2v) is 5.18. The number of fused-ring (bicyclic) bond motifs is 1.